The highest BCUT2D eigenvalue weighted by Gasteiger charge is 2.37. The molecule has 3 aromatic rings. The van der Waals surface area contributed by atoms with E-state index in [0.29, 0.717) is 24.5 Å². The molecule has 0 unspecified atom stereocenters. The number of rotatable bonds is 8. The van der Waals surface area contributed by atoms with Crippen LogP contribution in [0.15, 0.2) is 42.6 Å². The lowest BCUT2D eigenvalue weighted by Crippen LogP contribution is -2.44. The minimum atomic E-state index is -3.54. The van der Waals surface area contributed by atoms with Gasteiger partial charge in [-0.1, -0.05) is 12.1 Å². The van der Waals surface area contributed by atoms with Crippen molar-refractivity contribution in [3.05, 3.63) is 53.9 Å². The lowest BCUT2D eigenvalue weighted by molar-refractivity contribution is 0.232. The fourth-order valence-corrected chi connectivity index (χ4v) is 5.26. The molecule has 0 radical (unpaired) electrons. The smallest absolute Gasteiger partial charge is 0.281 e. The molecule has 0 spiro atoms. The highest BCUT2D eigenvalue weighted by molar-refractivity contribution is 7.86. The van der Waals surface area contributed by atoms with Crippen LogP contribution in [0.25, 0.3) is 16.9 Å². The van der Waals surface area contributed by atoms with Crippen molar-refractivity contribution < 1.29 is 17.9 Å². The standard InChI is InChI=1S/C24H31N5O4S/c1-16(2)33-23-12-11-17(15-25-23)24-19-13-18(28(5)34(30,31)27(3)4)14-20(19)26-29(24)21-9-7-8-10-22(21)32-6/h7-12,15-16,18H,13-14H2,1-6H3/t18-/m1/s1. The summed E-state index contributed by atoms with van der Waals surface area (Å²) in [6, 6.07) is 11.3. The summed E-state index contributed by atoms with van der Waals surface area (Å²) < 4.78 is 41.3. The second-order valence-corrected chi connectivity index (χ2v) is 11.0. The van der Waals surface area contributed by atoms with Crippen LogP contribution in [0.2, 0.25) is 0 Å². The fourth-order valence-electron chi connectivity index (χ4n) is 4.22. The number of aromatic nitrogens is 3. The lowest BCUT2D eigenvalue weighted by atomic mass is 10.1. The average Bonchev–Trinajstić information content (AvgIpc) is 3.36. The zero-order valence-electron chi connectivity index (χ0n) is 20.4. The molecular formula is C24H31N5O4S. The first kappa shape index (κ1) is 24.2. The Bertz CT molecular complexity index is 1270. The molecular weight excluding hydrogens is 454 g/mol. The number of hydrogen-bond acceptors (Lipinski definition) is 6. The third-order valence-electron chi connectivity index (χ3n) is 5.95. The molecule has 1 aromatic carbocycles. The Balaban J connectivity index is 1.80. The molecule has 0 fully saturated rings. The highest BCUT2D eigenvalue weighted by Crippen LogP contribution is 2.38. The minimum absolute atomic E-state index is 0.0247. The van der Waals surface area contributed by atoms with Gasteiger partial charge in [-0.15, -0.1) is 0 Å². The molecule has 1 aliphatic rings. The van der Waals surface area contributed by atoms with E-state index in [9.17, 15) is 8.42 Å². The van der Waals surface area contributed by atoms with Crippen molar-refractivity contribution in [2.75, 3.05) is 28.3 Å². The van der Waals surface area contributed by atoms with Gasteiger partial charge in [0.2, 0.25) is 5.88 Å². The van der Waals surface area contributed by atoms with Gasteiger partial charge in [0.05, 0.1) is 24.6 Å². The molecule has 9 nitrogen and oxygen atoms in total. The van der Waals surface area contributed by atoms with Gasteiger partial charge in [-0.25, -0.2) is 9.67 Å². The van der Waals surface area contributed by atoms with Crippen LogP contribution in [0.3, 0.4) is 0 Å². The van der Waals surface area contributed by atoms with Crippen LogP contribution < -0.4 is 9.47 Å². The molecule has 0 saturated heterocycles. The number of methoxy groups -OCH3 is 1. The van der Waals surface area contributed by atoms with Crippen molar-refractivity contribution in [1.29, 1.82) is 0 Å². The lowest BCUT2D eigenvalue weighted by Gasteiger charge is -2.27. The van der Waals surface area contributed by atoms with E-state index in [1.165, 1.54) is 8.61 Å². The molecule has 0 saturated carbocycles. The van der Waals surface area contributed by atoms with Gasteiger partial charge in [0.25, 0.3) is 10.2 Å². The van der Waals surface area contributed by atoms with Gasteiger partial charge in [-0.05, 0) is 38.5 Å². The van der Waals surface area contributed by atoms with Crippen LogP contribution in [0.5, 0.6) is 11.6 Å². The van der Waals surface area contributed by atoms with E-state index in [-0.39, 0.29) is 12.1 Å². The van der Waals surface area contributed by atoms with Crippen molar-refractivity contribution in [2.24, 2.45) is 0 Å². The number of hydrogen-bond donors (Lipinski definition) is 0. The van der Waals surface area contributed by atoms with E-state index < -0.39 is 10.2 Å². The summed E-state index contributed by atoms with van der Waals surface area (Å²) in [4.78, 5) is 4.49. The number of fused-ring (bicyclic) bond motifs is 1. The van der Waals surface area contributed by atoms with E-state index in [1.807, 2.05) is 54.9 Å². The van der Waals surface area contributed by atoms with Gasteiger partial charge in [-0.2, -0.15) is 22.1 Å². The Morgan fingerprint density at radius 2 is 1.82 bits per heavy atom. The van der Waals surface area contributed by atoms with E-state index in [4.69, 9.17) is 14.6 Å². The SMILES string of the molecule is COc1ccccc1-n1nc2c(c1-c1ccc(OC(C)C)nc1)C[C@@H](N(C)S(=O)(=O)N(C)C)C2. The molecule has 0 N–H and O–H groups in total. The van der Waals surface area contributed by atoms with Crippen molar-refractivity contribution in [3.8, 4) is 28.6 Å². The average molecular weight is 486 g/mol. The van der Waals surface area contributed by atoms with Crippen molar-refractivity contribution in [3.63, 3.8) is 0 Å². The second kappa shape index (κ2) is 9.36. The summed E-state index contributed by atoms with van der Waals surface area (Å²) in [6.07, 6.45) is 2.87. The predicted molar refractivity (Wildman–Crippen MR) is 131 cm³/mol. The minimum Gasteiger partial charge on any atom is -0.494 e. The number of benzene rings is 1. The first-order chi connectivity index (χ1) is 16.1. The Morgan fingerprint density at radius 1 is 1.09 bits per heavy atom. The van der Waals surface area contributed by atoms with Crippen LogP contribution in [0.4, 0.5) is 0 Å². The van der Waals surface area contributed by atoms with Crippen molar-refractivity contribution in [1.82, 2.24) is 23.4 Å². The van der Waals surface area contributed by atoms with E-state index in [1.54, 1.807) is 34.4 Å². The summed E-state index contributed by atoms with van der Waals surface area (Å²) in [6.45, 7) is 3.91. The largest absolute Gasteiger partial charge is 0.494 e. The van der Waals surface area contributed by atoms with Crippen LogP contribution in [-0.4, -0.2) is 72.2 Å². The molecule has 182 valence electrons. The Morgan fingerprint density at radius 3 is 2.44 bits per heavy atom. The Labute approximate surface area is 201 Å². The molecule has 0 amide bonds. The quantitative estimate of drug-likeness (QED) is 0.487. The number of pyridine rings is 1. The highest BCUT2D eigenvalue weighted by atomic mass is 32.2. The molecule has 1 atom stereocenters. The second-order valence-electron chi connectivity index (χ2n) is 8.78. The van der Waals surface area contributed by atoms with E-state index >= 15 is 0 Å². The molecule has 4 rings (SSSR count). The maximum absolute atomic E-state index is 12.7. The summed E-state index contributed by atoms with van der Waals surface area (Å²) in [5, 5.41) is 4.92. The topological polar surface area (TPSA) is 89.8 Å². The maximum Gasteiger partial charge on any atom is 0.281 e. The van der Waals surface area contributed by atoms with Gasteiger partial charge >= 0.3 is 0 Å². The number of ether oxygens (including phenoxy) is 2. The molecule has 10 heteroatoms. The van der Waals surface area contributed by atoms with Gasteiger partial charge < -0.3 is 9.47 Å². The third kappa shape index (κ3) is 4.40. The van der Waals surface area contributed by atoms with E-state index in [2.05, 4.69) is 4.98 Å². The maximum atomic E-state index is 12.7. The molecule has 0 aliphatic heterocycles. The van der Waals surface area contributed by atoms with Gasteiger partial charge in [0.1, 0.15) is 11.4 Å². The molecule has 2 heterocycles. The van der Waals surface area contributed by atoms with Crippen molar-refractivity contribution in [2.45, 2.75) is 38.8 Å². The third-order valence-corrected chi connectivity index (χ3v) is 7.90. The van der Waals surface area contributed by atoms with Gasteiger partial charge in [-0.3, -0.25) is 0 Å². The first-order valence-electron chi connectivity index (χ1n) is 11.2. The molecule has 0 bridgehead atoms. The van der Waals surface area contributed by atoms with E-state index in [0.717, 1.165) is 28.2 Å². The van der Waals surface area contributed by atoms with Gasteiger partial charge in [0, 0.05) is 57.0 Å². The van der Waals surface area contributed by atoms with Gasteiger partial charge in [0.15, 0.2) is 0 Å². The summed E-state index contributed by atoms with van der Waals surface area (Å²) in [7, 11) is 2.80. The summed E-state index contributed by atoms with van der Waals surface area (Å²) in [5.74, 6) is 1.25. The Hall–Kier alpha value is -2.95. The summed E-state index contributed by atoms with van der Waals surface area (Å²) >= 11 is 0. The van der Waals surface area contributed by atoms with Crippen LogP contribution in [0.1, 0.15) is 25.1 Å². The fraction of sp³-hybridized carbons (Fsp3) is 0.417. The molecule has 34 heavy (non-hydrogen) atoms. The molecule has 1 aliphatic carbocycles. The predicted octanol–water partition coefficient (Wildman–Crippen LogP) is 2.94. The van der Waals surface area contributed by atoms with Crippen molar-refractivity contribution >= 4 is 10.2 Å². The monoisotopic (exact) mass is 485 g/mol. The first-order valence-corrected chi connectivity index (χ1v) is 12.6. The number of nitrogens with zero attached hydrogens (tertiary/aromatic N) is 5. The Kier molecular flexibility index (Phi) is 6.66. The molecule has 2 aromatic heterocycles. The normalized spacial score (nSPS) is 15.9. The summed E-state index contributed by atoms with van der Waals surface area (Å²) in [5.41, 5.74) is 4.43. The number of likely N-dealkylation sites (N-methyl/N-ethyl adjacent to an activating group) is 1. The zero-order chi connectivity index (χ0) is 24.6. The number of para-hydroxylation sites is 2. The zero-order valence-corrected chi connectivity index (χ0v) is 21.2. The van der Waals surface area contributed by atoms with Crippen LogP contribution in [0, 0.1) is 0 Å². The van der Waals surface area contributed by atoms with Crippen LogP contribution >= 0.6 is 0 Å². The van der Waals surface area contributed by atoms with Crippen LogP contribution in [-0.2, 0) is 23.1 Å².